The Morgan fingerprint density at radius 3 is 2.93 bits per heavy atom. The fourth-order valence-corrected chi connectivity index (χ4v) is 3.38. The molecular formula is C18H19N7O3S. The predicted octanol–water partition coefficient (Wildman–Crippen LogP) is 1.46. The molecule has 0 bridgehead atoms. The number of amides is 1. The van der Waals surface area contributed by atoms with Crippen molar-refractivity contribution in [1.82, 2.24) is 30.3 Å². The number of carbonyl (C=O) groups is 1. The Morgan fingerprint density at radius 2 is 2.21 bits per heavy atom. The lowest BCUT2D eigenvalue weighted by Gasteiger charge is -2.11. The topological polar surface area (TPSA) is 152 Å². The first-order valence-electron chi connectivity index (χ1n) is 8.87. The van der Waals surface area contributed by atoms with Crippen LogP contribution in [0.1, 0.15) is 13.0 Å². The number of hydrogen-bond acceptors (Lipinski definition) is 6. The molecule has 150 valence electrons. The number of aromatic nitrogens is 5. The number of H-pyrrole nitrogens is 1. The van der Waals surface area contributed by atoms with E-state index in [0.717, 1.165) is 16.6 Å². The van der Waals surface area contributed by atoms with Gasteiger partial charge in [-0.15, -0.1) is 0 Å². The second-order valence-electron chi connectivity index (χ2n) is 6.56. The van der Waals surface area contributed by atoms with Gasteiger partial charge < -0.3 is 15.6 Å². The van der Waals surface area contributed by atoms with Gasteiger partial charge in [0.05, 0.1) is 22.3 Å². The van der Waals surface area contributed by atoms with Gasteiger partial charge in [0.1, 0.15) is 17.4 Å². The predicted molar refractivity (Wildman–Crippen MR) is 110 cm³/mol. The number of nitrogens with two attached hydrogens (primary N) is 1. The highest BCUT2D eigenvalue weighted by Gasteiger charge is 2.19. The number of hydrogen-bond donors (Lipinski definition) is 4. The zero-order valence-corrected chi connectivity index (χ0v) is 16.3. The molecule has 3 heterocycles. The summed E-state index contributed by atoms with van der Waals surface area (Å²) in [6.07, 6.45) is 3.37. The van der Waals surface area contributed by atoms with Crippen LogP contribution in [0.15, 0.2) is 36.7 Å². The Labute approximate surface area is 167 Å². The molecule has 5 N–H and O–H groups in total. The number of pyridine rings is 1. The van der Waals surface area contributed by atoms with Gasteiger partial charge in [0.2, 0.25) is 5.91 Å². The second kappa shape index (κ2) is 7.60. The molecule has 2 atom stereocenters. The summed E-state index contributed by atoms with van der Waals surface area (Å²) in [6, 6.07) is 7.01. The van der Waals surface area contributed by atoms with Crippen molar-refractivity contribution in [2.45, 2.75) is 13.0 Å². The number of benzene rings is 1. The zero-order valence-electron chi connectivity index (χ0n) is 15.5. The number of nitrogens with zero attached hydrogens (tertiary/aromatic N) is 4. The van der Waals surface area contributed by atoms with E-state index in [9.17, 15) is 9.00 Å². The first kappa shape index (κ1) is 19.0. The smallest absolute Gasteiger partial charge is 0.244 e. The van der Waals surface area contributed by atoms with Gasteiger partial charge in [-0.3, -0.25) is 14.6 Å². The molecule has 0 aliphatic heterocycles. The fourth-order valence-electron chi connectivity index (χ4n) is 3.10. The van der Waals surface area contributed by atoms with Gasteiger partial charge in [0, 0.05) is 29.9 Å². The molecule has 0 radical (unpaired) electrons. The fraction of sp³-hybridized carbons (Fsp3) is 0.222. The Morgan fingerprint density at radius 1 is 1.38 bits per heavy atom. The van der Waals surface area contributed by atoms with Crippen LogP contribution in [0, 0.1) is 0 Å². The minimum atomic E-state index is -1.95. The molecule has 0 saturated carbocycles. The summed E-state index contributed by atoms with van der Waals surface area (Å²) in [5.74, 6) is -0.0101. The summed E-state index contributed by atoms with van der Waals surface area (Å²) in [5.41, 5.74) is 9.28. The maximum Gasteiger partial charge on any atom is 0.244 e. The summed E-state index contributed by atoms with van der Waals surface area (Å²) in [5, 5.41) is 15.5. The molecule has 0 aliphatic rings. The maximum absolute atomic E-state index is 12.3. The van der Waals surface area contributed by atoms with Crippen LogP contribution in [0.4, 0.5) is 5.82 Å². The molecule has 1 aromatic carbocycles. The van der Waals surface area contributed by atoms with Crippen molar-refractivity contribution in [3.05, 3.63) is 36.7 Å². The molecule has 0 saturated heterocycles. The molecule has 4 aromatic rings. The summed E-state index contributed by atoms with van der Waals surface area (Å²) in [7, 11) is 0. The van der Waals surface area contributed by atoms with Gasteiger partial charge in [0.15, 0.2) is 11.1 Å². The number of nitrogens with one attached hydrogen (secondary N) is 2. The Hall–Kier alpha value is -3.31. The van der Waals surface area contributed by atoms with Crippen LogP contribution in [0.2, 0.25) is 0 Å². The highest BCUT2D eigenvalue weighted by molar-refractivity contribution is 7.79. The average Bonchev–Trinajstić information content (AvgIpc) is 3.37. The van der Waals surface area contributed by atoms with Crippen molar-refractivity contribution in [2.24, 2.45) is 0 Å². The average molecular weight is 413 g/mol. The molecule has 0 spiro atoms. The van der Waals surface area contributed by atoms with Crippen molar-refractivity contribution < 1.29 is 13.6 Å². The first-order valence-corrected chi connectivity index (χ1v) is 10.1. The largest absolute Gasteiger partial charge is 0.383 e. The number of rotatable bonds is 6. The lowest BCUT2D eigenvalue weighted by atomic mass is 10.1. The monoisotopic (exact) mass is 413 g/mol. The summed E-state index contributed by atoms with van der Waals surface area (Å²) in [4.78, 5) is 16.8. The van der Waals surface area contributed by atoms with Gasteiger partial charge in [-0.05, 0) is 25.1 Å². The van der Waals surface area contributed by atoms with Crippen LogP contribution in [-0.4, -0.2) is 51.9 Å². The van der Waals surface area contributed by atoms with Crippen LogP contribution in [-0.2, 0) is 15.9 Å². The first-order chi connectivity index (χ1) is 13.9. The van der Waals surface area contributed by atoms with E-state index in [2.05, 4.69) is 25.6 Å². The third-order valence-corrected chi connectivity index (χ3v) is 5.22. The third-order valence-electron chi connectivity index (χ3n) is 4.67. The molecule has 4 rings (SSSR count). The highest BCUT2D eigenvalue weighted by atomic mass is 32.2. The quantitative estimate of drug-likeness (QED) is 0.349. The van der Waals surface area contributed by atoms with Crippen LogP contribution < -0.4 is 11.1 Å². The Kier molecular flexibility index (Phi) is 4.99. The molecule has 29 heavy (non-hydrogen) atoms. The van der Waals surface area contributed by atoms with Gasteiger partial charge in [-0.1, -0.05) is 6.07 Å². The minimum Gasteiger partial charge on any atom is -0.383 e. The Balaban J connectivity index is 1.69. The number of nitrogen functional groups attached to an aromatic ring is 1. The van der Waals surface area contributed by atoms with E-state index in [0.29, 0.717) is 22.2 Å². The lowest BCUT2D eigenvalue weighted by Crippen LogP contribution is -2.33. The van der Waals surface area contributed by atoms with Crippen molar-refractivity contribution in [1.29, 1.82) is 0 Å². The van der Waals surface area contributed by atoms with Crippen molar-refractivity contribution >= 4 is 44.6 Å². The SMILES string of the molecule is CC(C(=O)NCCS(=O)O)n1cc2c(N)nc3cc(-c4ccn[nH]4)ccc3c2n1. The van der Waals surface area contributed by atoms with Crippen LogP contribution in [0.3, 0.4) is 0 Å². The van der Waals surface area contributed by atoms with E-state index in [1.165, 1.54) is 4.68 Å². The molecular weight excluding hydrogens is 394 g/mol. The summed E-state index contributed by atoms with van der Waals surface area (Å²) in [6.45, 7) is 1.80. The minimum absolute atomic E-state index is 0.0281. The van der Waals surface area contributed by atoms with E-state index < -0.39 is 17.1 Å². The summed E-state index contributed by atoms with van der Waals surface area (Å²) >= 11 is -1.95. The van der Waals surface area contributed by atoms with Crippen molar-refractivity contribution in [3.8, 4) is 11.3 Å². The molecule has 10 nitrogen and oxygen atoms in total. The van der Waals surface area contributed by atoms with E-state index in [-0.39, 0.29) is 18.2 Å². The van der Waals surface area contributed by atoms with Crippen LogP contribution >= 0.6 is 0 Å². The molecule has 11 heteroatoms. The van der Waals surface area contributed by atoms with E-state index >= 15 is 0 Å². The number of fused-ring (bicyclic) bond motifs is 3. The maximum atomic E-state index is 12.3. The van der Waals surface area contributed by atoms with Gasteiger partial charge in [-0.2, -0.15) is 10.2 Å². The lowest BCUT2D eigenvalue weighted by molar-refractivity contribution is -0.123. The second-order valence-corrected chi connectivity index (χ2v) is 7.61. The van der Waals surface area contributed by atoms with Crippen molar-refractivity contribution in [3.63, 3.8) is 0 Å². The number of anilines is 1. The molecule has 0 aliphatic carbocycles. The zero-order chi connectivity index (χ0) is 20.5. The molecule has 0 fully saturated rings. The molecule has 3 aromatic heterocycles. The van der Waals surface area contributed by atoms with E-state index in [1.807, 2.05) is 24.3 Å². The van der Waals surface area contributed by atoms with E-state index in [4.69, 9.17) is 10.3 Å². The van der Waals surface area contributed by atoms with Gasteiger partial charge in [-0.25, -0.2) is 9.19 Å². The number of carbonyl (C=O) groups excluding carboxylic acids is 1. The molecule has 1 amide bonds. The third kappa shape index (κ3) is 3.69. The van der Waals surface area contributed by atoms with Gasteiger partial charge in [0.25, 0.3) is 0 Å². The van der Waals surface area contributed by atoms with Crippen LogP contribution in [0.25, 0.3) is 33.1 Å². The molecule has 2 unspecified atom stereocenters. The highest BCUT2D eigenvalue weighted by Crippen LogP contribution is 2.30. The normalized spacial score (nSPS) is 13.6. The van der Waals surface area contributed by atoms with Crippen LogP contribution in [0.5, 0.6) is 0 Å². The van der Waals surface area contributed by atoms with Crippen molar-refractivity contribution in [2.75, 3.05) is 18.0 Å². The standard InChI is InChI=1S/C18H19N7O3S/c1-10(18(26)20-6-7-29(27)28)25-9-13-16(24-25)12-3-2-11(14-4-5-21-23-14)8-15(12)22-17(13)19/h2-5,8-10H,6-7H2,1H3,(H2,19,22)(H,20,26)(H,21,23)(H,27,28). The van der Waals surface area contributed by atoms with E-state index in [1.54, 1.807) is 19.3 Å². The Bertz CT molecular complexity index is 1220. The number of aromatic amines is 1. The summed E-state index contributed by atoms with van der Waals surface area (Å²) < 4.78 is 21.0. The van der Waals surface area contributed by atoms with Gasteiger partial charge >= 0.3 is 0 Å².